The highest BCUT2D eigenvalue weighted by Crippen LogP contribution is 2.21. The summed E-state index contributed by atoms with van der Waals surface area (Å²) in [5.74, 6) is 0. The van der Waals surface area contributed by atoms with Gasteiger partial charge in [-0.2, -0.15) is 13.2 Å². The molecule has 90 valence electrons. The third kappa shape index (κ3) is 5.16. The first-order chi connectivity index (χ1) is 7.51. The van der Waals surface area contributed by atoms with Crippen LogP contribution in [0.3, 0.4) is 0 Å². The Kier molecular flexibility index (Phi) is 4.80. The third-order valence-electron chi connectivity index (χ3n) is 2.35. The van der Waals surface area contributed by atoms with Crippen molar-refractivity contribution < 1.29 is 13.2 Å². The van der Waals surface area contributed by atoms with Crippen LogP contribution in [-0.2, 0) is 12.8 Å². The van der Waals surface area contributed by atoms with Crippen molar-refractivity contribution in [2.75, 3.05) is 6.54 Å². The fourth-order valence-corrected chi connectivity index (χ4v) is 1.53. The molecule has 0 heterocycles. The molecule has 0 spiro atoms. The van der Waals surface area contributed by atoms with Gasteiger partial charge in [-0.25, -0.2) is 0 Å². The summed E-state index contributed by atoms with van der Waals surface area (Å²) in [5, 5.41) is 0. The molecule has 0 aliphatic heterocycles. The molecule has 0 atom stereocenters. The van der Waals surface area contributed by atoms with Crippen LogP contribution in [0, 0.1) is 0 Å². The van der Waals surface area contributed by atoms with E-state index in [1.165, 1.54) is 0 Å². The number of nitrogens with two attached hydrogens (primary N) is 1. The van der Waals surface area contributed by atoms with Crippen molar-refractivity contribution in [1.29, 1.82) is 0 Å². The van der Waals surface area contributed by atoms with E-state index < -0.39 is 12.6 Å². The standard InChI is InChI=1S/C12H16F3N/c13-12(14,15)9-11-6-4-10(5-7-11)3-1-2-8-16/h4-7H,1-3,8-9,16H2. The largest absolute Gasteiger partial charge is 0.393 e. The van der Waals surface area contributed by atoms with Gasteiger partial charge in [-0.05, 0) is 36.9 Å². The molecule has 1 rings (SSSR count). The zero-order valence-corrected chi connectivity index (χ0v) is 9.06. The average Bonchev–Trinajstić information content (AvgIpc) is 2.19. The lowest BCUT2D eigenvalue weighted by Crippen LogP contribution is -2.11. The predicted octanol–water partition coefficient (Wildman–Crippen LogP) is 3.07. The van der Waals surface area contributed by atoms with Gasteiger partial charge < -0.3 is 5.73 Å². The number of hydrogen-bond donors (Lipinski definition) is 1. The average molecular weight is 231 g/mol. The fraction of sp³-hybridized carbons (Fsp3) is 0.500. The van der Waals surface area contributed by atoms with Crippen molar-refractivity contribution in [3.05, 3.63) is 35.4 Å². The van der Waals surface area contributed by atoms with Crippen molar-refractivity contribution in [1.82, 2.24) is 0 Å². The minimum Gasteiger partial charge on any atom is -0.330 e. The Morgan fingerprint density at radius 1 is 0.938 bits per heavy atom. The smallest absolute Gasteiger partial charge is 0.330 e. The van der Waals surface area contributed by atoms with Crippen molar-refractivity contribution in [3.8, 4) is 0 Å². The van der Waals surface area contributed by atoms with Crippen LogP contribution in [-0.4, -0.2) is 12.7 Å². The number of hydrogen-bond acceptors (Lipinski definition) is 1. The number of rotatable bonds is 5. The van der Waals surface area contributed by atoms with E-state index in [-0.39, 0.29) is 0 Å². The monoisotopic (exact) mass is 231 g/mol. The lowest BCUT2D eigenvalue weighted by molar-refractivity contribution is -0.127. The lowest BCUT2D eigenvalue weighted by Gasteiger charge is -2.07. The molecule has 1 aromatic carbocycles. The van der Waals surface area contributed by atoms with Crippen LogP contribution >= 0.6 is 0 Å². The molecule has 0 bridgehead atoms. The first-order valence-corrected chi connectivity index (χ1v) is 5.36. The molecule has 2 N–H and O–H groups in total. The van der Waals surface area contributed by atoms with Crippen molar-refractivity contribution in [2.45, 2.75) is 31.9 Å². The molecule has 4 heteroatoms. The van der Waals surface area contributed by atoms with Crippen molar-refractivity contribution >= 4 is 0 Å². The van der Waals surface area contributed by atoms with Gasteiger partial charge in [-0.1, -0.05) is 24.3 Å². The quantitative estimate of drug-likeness (QED) is 0.774. The van der Waals surface area contributed by atoms with Crippen LogP contribution in [0.25, 0.3) is 0 Å². The second-order valence-electron chi connectivity index (χ2n) is 3.85. The summed E-state index contributed by atoms with van der Waals surface area (Å²) in [7, 11) is 0. The Hall–Kier alpha value is -1.03. The maximum atomic E-state index is 12.1. The van der Waals surface area contributed by atoms with Crippen LogP contribution < -0.4 is 5.73 Å². The van der Waals surface area contributed by atoms with E-state index in [0.717, 1.165) is 24.8 Å². The van der Waals surface area contributed by atoms with Gasteiger partial charge in [0.2, 0.25) is 0 Å². The van der Waals surface area contributed by atoms with E-state index in [0.29, 0.717) is 12.1 Å². The van der Waals surface area contributed by atoms with Crippen LogP contribution in [0.4, 0.5) is 13.2 Å². The highest BCUT2D eigenvalue weighted by Gasteiger charge is 2.27. The Labute approximate surface area is 93.5 Å². The minimum atomic E-state index is -4.12. The van der Waals surface area contributed by atoms with Crippen LogP contribution in [0.5, 0.6) is 0 Å². The van der Waals surface area contributed by atoms with Crippen LogP contribution in [0.1, 0.15) is 24.0 Å². The van der Waals surface area contributed by atoms with E-state index in [2.05, 4.69) is 0 Å². The number of aryl methyl sites for hydroxylation is 1. The molecule has 0 saturated carbocycles. The summed E-state index contributed by atoms with van der Waals surface area (Å²) >= 11 is 0. The molecule has 0 unspecified atom stereocenters. The second kappa shape index (κ2) is 5.89. The zero-order chi connectivity index (χ0) is 12.0. The lowest BCUT2D eigenvalue weighted by atomic mass is 10.0. The molecule has 0 saturated heterocycles. The van der Waals surface area contributed by atoms with Gasteiger partial charge in [0.25, 0.3) is 0 Å². The molecule has 1 aromatic rings. The zero-order valence-electron chi connectivity index (χ0n) is 9.06. The van der Waals surface area contributed by atoms with Gasteiger partial charge in [0.1, 0.15) is 0 Å². The van der Waals surface area contributed by atoms with Gasteiger partial charge in [-0.15, -0.1) is 0 Å². The highest BCUT2D eigenvalue weighted by molar-refractivity contribution is 5.23. The van der Waals surface area contributed by atoms with E-state index in [9.17, 15) is 13.2 Å². The molecule has 0 aromatic heterocycles. The summed E-state index contributed by atoms with van der Waals surface area (Å²) < 4.78 is 36.2. The number of halogens is 3. The molecule has 0 aliphatic rings. The first kappa shape index (κ1) is 13.0. The summed E-state index contributed by atoms with van der Waals surface area (Å²) in [5.41, 5.74) is 6.74. The van der Waals surface area contributed by atoms with E-state index in [1.807, 2.05) is 0 Å². The molecule has 0 radical (unpaired) electrons. The van der Waals surface area contributed by atoms with Crippen LogP contribution in [0.15, 0.2) is 24.3 Å². The Morgan fingerprint density at radius 3 is 2.00 bits per heavy atom. The summed E-state index contributed by atoms with van der Waals surface area (Å²) in [6, 6.07) is 6.62. The molecule has 1 nitrogen and oxygen atoms in total. The van der Waals surface area contributed by atoms with E-state index in [4.69, 9.17) is 5.73 Å². The summed E-state index contributed by atoms with van der Waals surface area (Å²) in [6.07, 6.45) is -2.17. The van der Waals surface area contributed by atoms with Gasteiger partial charge in [0.05, 0.1) is 6.42 Å². The maximum absolute atomic E-state index is 12.1. The van der Waals surface area contributed by atoms with Crippen molar-refractivity contribution in [2.24, 2.45) is 5.73 Å². The normalized spacial score (nSPS) is 11.8. The topological polar surface area (TPSA) is 26.0 Å². The Morgan fingerprint density at radius 2 is 1.50 bits per heavy atom. The maximum Gasteiger partial charge on any atom is 0.393 e. The molecule has 16 heavy (non-hydrogen) atoms. The second-order valence-corrected chi connectivity index (χ2v) is 3.85. The number of unbranched alkanes of at least 4 members (excludes halogenated alkanes) is 1. The molecule has 0 amide bonds. The minimum absolute atomic E-state index is 0.315. The summed E-state index contributed by atoms with van der Waals surface area (Å²) in [6.45, 7) is 0.659. The molecule has 0 aliphatic carbocycles. The third-order valence-corrected chi connectivity index (χ3v) is 2.35. The van der Waals surface area contributed by atoms with Gasteiger partial charge in [0.15, 0.2) is 0 Å². The highest BCUT2D eigenvalue weighted by atomic mass is 19.4. The first-order valence-electron chi connectivity index (χ1n) is 5.36. The van der Waals surface area contributed by atoms with E-state index >= 15 is 0 Å². The van der Waals surface area contributed by atoms with Gasteiger partial charge in [-0.3, -0.25) is 0 Å². The van der Waals surface area contributed by atoms with Crippen LogP contribution in [0.2, 0.25) is 0 Å². The fourth-order valence-electron chi connectivity index (χ4n) is 1.53. The molecular formula is C12H16F3N. The SMILES string of the molecule is NCCCCc1ccc(CC(F)(F)F)cc1. The predicted molar refractivity (Wildman–Crippen MR) is 58.2 cm³/mol. The number of benzene rings is 1. The molecule has 0 fully saturated rings. The van der Waals surface area contributed by atoms with Gasteiger partial charge >= 0.3 is 6.18 Å². The molecular weight excluding hydrogens is 215 g/mol. The Balaban J connectivity index is 2.48. The van der Waals surface area contributed by atoms with Gasteiger partial charge in [0, 0.05) is 0 Å². The van der Waals surface area contributed by atoms with Crippen molar-refractivity contribution in [3.63, 3.8) is 0 Å². The number of alkyl halides is 3. The van der Waals surface area contributed by atoms with E-state index in [1.54, 1.807) is 24.3 Å². The summed E-state index contributed by atoms with van der Waals surface area (Å²) in [4.78, 5) is 0. The Bertz CT molecular complexity index is 303.